The van der Waals surface area contributed by atoms with Gasteiger partial charge < -0.3 is 14.7 Å². The van der Waals surface area contributed by atoms with Crippen molar-refractivity contribution in [2.45, 2.75) is 50.6 Å². The minimum atomic E-state index is -3.00. The number of piperazine rings is 1. The highest BCUT2D eigenvalue weighted by Crippen LogP contribution is 2.28. The van der Waals surface area contributed by atoms with Crippen molar-refractivity contribution < 1.29 is 18.1 Å². The van der Waals surface area contributed by atoms with Gasteiger partial charge in [0.25, 0.3) is 5.91 Å². The molecule has 0 radical (unpaired) electrons. The summed E-state index contributed by atoms with van der Waals surface area (Å²) in [5, 5.41) is 0. The highest BCUT2D eigenvalue weighted by Gasteiger charge is 2.39. The van der Waals surface area contributed by atoms with Crippen LogP contribution in [-0.2, 0) is 14.6 Å². The van der Waals surface area contributed by atoms with Gasteiger partial charge >= 0.3 is 0 Å². The maximum Gasteiger partial charge on any atom is 0.278 e. The molecule has 29 heavy (non-hydrogen) atoms. The zero-order valence-electron chi connectivity index (χ0n) is 17.0. The van der Waals surface area contributed by atoms with Crippen molar-refractivity contribution in [3.8, 4) is 0 Å². The fourth-order valence-corrected chi connectivity index (χ4v) is 6.73. The van der Waals surface area contributed by atoms with Crippen LogP contribution in [0.5, 0.6) is 0 Å². The third-order valence-electron chi connectivity index (χ3n) is 6.56. The number of nitrogens with zero attached hydrogens (tertiary/aromatic N) is 4. The summed E-state index contributed by atoms with van der Waals surface area (Å²) in [4.78, 5) is 27.4. The van der Waals surface area contributed by atoms with E-state index < -0.39 is 9.84 Å². The summed E-state index contributed by atoms with van der Waals surface area (Å²) in [6.45, 7) is 3.84. The Balaban J connectivity index is 1.38. The van der Waals surface area contributed by atoms with E-state index in [1.165, 1.54) is 11.3 Å². The van der Waals surface area contributed by atoms with Gasteiger partial charge in [-0.1, -0.05) is 19.3 Å². The molecular formula is C20H32N5O3S+. The number of hydrogen-bond donors (Lipinski definition) is 1. The molecule has 1 aromatic heterocycles. The second-order valence-electron chi connectivity index (χ2n) is 8.61. The van der Waals surface area contributed by atoms with Crippen molar-refractivity contribution in [1.82, 2.24) is 14.9 Å². The van der Waals surface area contributed by atoms with Crippen LogP contribution in [0.15, 0.2) is 18.5 Å². The number of carbonyl (C=O) groups excluding carboxylic acids is 1. The second kappa shape index (κ2) is 8.95. The van der Waals surface area contributed by atoms with Crippen molar-refractivity contribution >= 4 is 21.7 Å². The molecule has 1 amide bonds. The number of sulfone groups is 1. The van der Waals surface area contributed by atoms with Gasteiger partial charge in [0.05, 0.1) is 37.7 Å². The molecule has 8 nitrogen and oxygen atoms in total. The van der Waals surface area contributed by atoms with Gasteiger partial charge in [-0.3, -0.25) is 4.79 Å². The van der Waals surface area contributed by atoms with Crippen molar-refractivity contribution in [3.05, 3.63) is 18.5 Å². The maximum absolute atomic E-state index is 13.3. The van der Waals surface area contributed by atoms with Gasteiger partial charge in [-0.25, -0.2) is 18.4 Å². The molecule has 9 heteroatoms. The Bertz CT molecular complexity index is 790. The Hall–Kier alpha value is -1.74. The van der Waals surface area contributed by atoms with E-state index in [0.29, 0.717) is 13.0 Å². The predicted octanol–water partition coefficient (Wildman–Crippen LogP) is -0.470. The van der Waals surface area contributed by atoms with Crippen LogP contribution in [-0.4, -0.2) is 85.5 Å². The van der Waals surface area contributed by atoms with Crippen LogP contribution in [0.2, 0.25) is 0 Å². The van der Waals surface area contributed by atoms with Crippen LogP contribution in [0, 0.1) is 0 Å². The molecule has 3 fully saturated rings. The molecule has 2 aliphatic heterocycles. The summed E-state index contributed by atoms with van der Waals surface area (Å²) in [6, 6.07) is 1.90. The minimum Gasteiger partial charge on any atom is -0.331 e. The quantitative estimate of drug-likeness (QED) is 0.690. The van der Waals surface area contributed by atoms with E-state index in [9.17, 15) is 13.2 Å². The third kappa shape index (κ3) is 5.06. The lowest BCUT2D eigenvalue weighted by Crippen LogP contribution is -3.16. The van der Waals surface area contributed by atoms with Gasteiger partial charge in [0.15, 0.2) is 16.4 Å². The summed E-state index contributed by atoms with van der Waals surface area (Å²) in [6.07, 6.45) is 9.61. The molecule has 1 N–H and O–H groups in total. The molecule has 1 aromatic rings. The highest BCUT2D eigenvalue weighted by atomic mass is 32.2. The Morgan fingerprint density at radius 1 is 1.07 bits per heavy atom. The van der Waals surface area contributed by atoms with E-state index in [-0.39, 0.29) is 29.5 Å². The first-order valence-corrected chi connectivity index (χ1v) is 12.7. The van der Waals surface area contributed by atoms with E-state index in [4.69, 9.17) is 0 Å². The molecule has 0 unspecified atom stereocenters. The lowest BCUT2D eigenvalue weighted by molar-refractivity contribution is -0.892. The Morgan fingerprint density at radius 2 is 1.76 bits per heavy atom. The summed E-state index contributed by atoms with van der Waals surface area (Å²) in [5.41, 5.74) is 0. The van der Waals surface area contributed by atoms with E-state index >= 15 is 0 Å². The zero-order chi connectivity index (χ0) is 20.3. The molecule has 0 aromatic carbocycles. The van der Waals surface area contributed by atoms with E-state index in [1.807, 2.05) is 11.0 Å². The molecule has 1 aliphatic carbocycles. The molecule has 2 saturated heterocycles. The molecule has 3 aliphatic rings. The SMILES string of the molecule is O=C(C[NH+]1CCN(c2ncccn2)CC1)N(C1CCCCC1)[C@H]1CCS(=O)(=O)C1. The Morgan fingerprint density at radius 3 is 2.38 bits per heavy atom. The van der Waals surface area contributed by atoms with Crippen molar-refractivity contribution in [2.24, 2.45) is 0 Å². The summed E-state index contributed by atoms with van der Waals surface area (Å²) in [5.74, 6) is 1.25. The van der Waals surface area contributed by atoms with Crippen LogP contribution in [0.25, 0.3) is 0 Å². The number of anilines is 1. The highest BCUT2D eigenvalue weighted by molar-refractivity contribution is 7.91. The smallest absolute Gasteiger partial charge is 0.278 e. The van der Waals surface area contributed by atoms with Gasteiger partial charge in [0, 0.05) is 24.5 Å². The normalized spacial score (nSPS) is 25.8. The van der Waals surface area contributed by atoms with Gasteiger partial charge in [-0.15, -0.1) is 0 Å². The molecule has 3 heterocycles. The van der Waals surface area contributed by atoms with Crippen molar-refractivity contribution in [3.63, 3.8) is 0 Å². The fraction of sp³-hybridized carbons (Fsp3) is 0.750. The average Bonchev–Trinajstić information content (AvgIpc) is 3.09. The van der Waals surface area contributed by atoms with Crippen LogP contribution in [0.1, 0.15) is 38.5 Å². The molecule has 4 rings (SSSR count). The third-order valence-corrected chi connectivity index (χ3v) is 8.31. The number of amides is 1. The van der Waals surface area contributed by atoms with Gasteiger partial charge in [-0.2, -0.15) is 0 Å². The van der Waals surface area contributed by atoms with Crippen LogP contribution in [0.4, 0.5) is 5.95 Å². The first-order chi connectivity index (χ1) is 14.0. The zero-order valence-corrected chi connectivity index (χ0v) is 17.8. The van der Waals surface area contributed by atoms with Crippen LogP contribution < -0.4 is 9.80 Å². The summed E-state index contributed by atoms with van der Waals surface area (Å²) >= 11 is 0. The van der Waals surface area contributed by atoms with Crippen LogP contribution in [0.3, 0.4) is 0 Å². The lowest BCUT2D eigenvalue weighted by atomic mass is 9.92. The topological polar surface area (TPSA) is 87.9 Å². The minimum absolute atomic E-state index is 0.131. The summed E-state index contributed by atoms with van der Waals surface area (Å²) < 4.78 is 24.1. The predicted molar refractivity (Wildman–Crippen MR) is 111 cm³/mol. The number of quaternary nitrogens is 1. The van der Waals surface area contributed by atoms with Gasteiger partial charge in [-0.05, 0) is 25.3 Å². The molecular weight excluding hydrogens is 390 g/mol. The lowest BCUT2D eigenvalue weighted by Gasteiger charge is -2.39. The molecule has 0 bridgehead atoms. The van der Waals surface area contributed by atoms with E-state index in [1.54, 1.807) is 12.4 Å². The van der Waals surface area contributed by atoms with Crippen molar-refractivity contribution in [1.29, 1.82) is 0 Å². The maximum atomic E-state index is 13.3. The molecule has 160 valence electrons. The second-order valence-corrected chi connectivity index (χ2v) is 10.8. The first kappa shape index (κ1) is 20.5. The number of carbonyl (C=O) groups is 1. The van der Waals surface area contributed by atoms with E-state index in [0.717, 1.165) is 57.8 Å². The largest absolute Gasteiger partial charge is 0.331 e. The summed E-state index contributed by atoms with van der Waals surface area (Å²) in [7, 11) is -3.00. The molecule has 0 spiro atoms. The monoisotopic (exact) mass is 422 g/mol. The molecule has 1 atom stereocenters. The number of hydrogen-bond acceptors (Lipinski definition) is 6. The average molecular weight is 423 g/mol. The number of nitrogens with one attached hydrogen (secondary N) is 1. The Kier molecular flexibility index (Phi) is 6.34. The first-order valence-electron chi connectivity index (χ1n) is 10.9. The standard InChI is InChI=1S/C20H31N5O3S/c26-19(15-23-10-12-24(13-11-23)20-21-8-4-9-22-20)25(17-5-2-1-3-6-17)18-7-14-29(27,28)16-18/h4,8-9,17-18H,1-3,5-7,10-16H2/p+1/t18-/m0/s1. The fourth-order valence-electron chi connectivity index (χ4n) is 5.02. The molecule has 1 saturated carbocycles. The van der Waals surface area contributed by atoms with Crippen molar-refractivity contribution in [2.75, 3.05) is 49.1 Å². The van der Waals surface area contributed by atoms with Crippen LogP contribution >= 0.6 is 0 Å². The van der Waals surface area contributed by atoms with E-state index in [2.05, 4.69) is 14.9 Å². The number of aromatic nitrogens is 2. The van der Waals surface area contributed by atoms with Gasteiger partial charge in [0.1, 0.15) is 0 Å². The number of rotatable bonds is 5. The Labute approximate surface area is 173 Å². The van der Waals surface area contributed by atoms with Gasteiger partial charge in [0.2, 0.25) is 5.95 Å².